The first kappa shape index (κ1) is 26.6. The van der Waals surface area contributed by atoms with Crippen LogP contribution in [0.5, 0.6) is 0 Å². The maximum atomic E-state index is 14.0. The first-order valence-electron chi connectivity index (χ1n) is 10.7. The van der Waals surface area contributed by atoms with E-state index in [0.29, 0.717) is 12.2 Å². The zero-order chi connectivity index (χ0) is 24.5. The van der Waals surface area contributed by atoms with Gasteiger partial charge < -0.3 is 20.1 Å². The molecule has 2 N–H and O–H groups in total. The zero-order valence-corrected chi connectivity index (χ0v) is 19.4. The van der Waals surface area contributed by atoms with E-state index in [0.717, 1.165) is 12.1 Å². The van der Waals surface area contributed by atoms with E-state index in [1.54, 1.807) is 21.1 Å². The third-order valence-corrected chi connectivity index (χ3v) is 5.51. The molecule has 0 radical (unpaired) electrons. The number of amides is 2. The third kappa shape index (κ3) is 8.03. The molecule has 3 atom stereocenters. The van der Waals surface area contributed by atoms with E-state index in [1.807, 2.05) is 11.8 Å². The molecule has 9 heteroatoms. The van der Waals surface area contributed by atoms with E-state index in [1.165, 1.54) is 35.2 Å². The van der Waals surface area contributed by atoms with E-state index in [9.17, 15) is 23.1 Å². The largest absolute Gasteiger partial charge is 0.394 e. The fourth-order valence-corrected chi connectivity index (χ4v) is 3.53. The van der Waals surface area contributed by atoms with Gasteiger partial charge in [-0.3, -0.25) is 4.90 Å². The molecule has 0 saturated carbocycles. The van der Waals surface area contributed by atoms with Crippen molar-refractivity contribution in [2.24, 2.45) is 5.92 Å². The number of aliphatic hydroxyl groups is 1. The minimum atomic E-state index is -0.503. The lowest BCUT2D eigenvalue weighted by atomic mass is 10.0. The number of carbonyl (C=O) groups excluding carboxylic acids is 1. The average Bonchev–Trinajstić information content (AvgIpc) is 2.79. The number of rotatable bonds is 11. The number of halogens is 3. The van der Waals surface area contributed by atoms with E-state index in [4.69, 9.17) is 4.74 Å². The van der Waals surface area contributed by atoms with Crippen LogP contribution in [0.15, 0.2) is 42.5 Å². The number of ether oxygens (including phenoxy) is 1. The van der Waals surface area contributed by atoms with Crippen molar-refractivity contribution in [1.29, 1.82) is 0 Å². The molecule has 0 aliphatic carbocycles. The fraction of sp³-hybridized carbons (Fsp3) is 0.458. The molecule has 0 heterocycles. The molecular formula is C24H32F3N3O3. The molecule has 0 bridgehead atoms. The molecule has 2 rings (SSSR count). The Balaban J connectivity index is 2.04. The van der Waals surface area contributed by atoms with Crippen LogP contribution in [0.4, 0.5) is 23.7 Å². The van der Waals surface area contributed by atoms with Crippen LogP contribution in [-0.4, -0.2) is 66.9 Å². The lowest BCUT2D eigenvalue weighted by Gasteiger charge is -2.34. The van der Waals surface area contributed by atoms with Crippen LogP contribution in [0.25, 0.3) is 0 Å². The average molecular weight is 468 g/mol. The van der Waals surface area contributed by atoms with Crippen molar-refractivity contribution >= 4 is 11.7 Å². The van der Waals surface area contributed by atoms with Crippen LogP contribution in [0.1, 0.15) is 19.4 Å². The highest BCUT2D eigenvalue weighted by molar-refractivity contribution is 5.89. The molecule has 33 heavy (non-hydrogen) atoms. The Morgan fingerprint density at radius 1 is 1.06 bits per heavy atom. The topological polar surface area (TPSA) is 65.0 Å². The van der Waals surface area contributed by atoms with Gasteiger partial charge in [0.1, 0.15) is 17.5 Å². The highest BCUT2D eigenvalue weighted by Gasteiger charge is 2.27. The first-order valence-corrected chi connectivity index (χ1v) is 10.7. The molecule has 0 unspecified atom stereocenters. The zero-order valence-electron chi connectivity index (χ0n) is 19.4. The number of aliphatic hydroxyl groups excluding tert-OH is 1. The maximum Gasteiger partial charge on any atom is 0.322 e. The van der Waals surface area contributed by atoms with Crippen molar-refractivity contribution in [2.75, 3.05) is 39.2 Å². The van der Waals surface area contributed by atoms with Gasteiger partial charge in [-0.1, -0.05) is 6.92 Å². The molecule has 2 amide bonds. The van der Waals surface area contributed by atoms with E-state index < -0.39 is 29.5 Å². The van der Waals surface area contributed by atoms with Gasteiger partial charge in [0.25, 0.3) is 0 Å². The first-order chi connectivity index (χ1) is 15.6. The number of anilines is 1. The van der Waals surface area contributed by atoms with Gasteiger partial charge in [0.05, 0.1) is 18.8 Å². The molecule has 0 aliphatic rings. The number of nitrogens with one attached hydrogen (secondary N) is 1. The van der Waals surface area contributed by atoms with Gasteiger partial charge in [-0.05, 0) is 56.4 Å². The summed E-state index contributed by atoms with van der Waals surface area (Å²) in [6, 6.07) is 7.85. The normalized spacial score (nSPS) is 14.1. The number of methoxy groups -OCH3 is 1. The second kappa shape index (κ2) is 12.6. The van der Waals surface area contributed by atoms with Crippen LogP contribution >= 0.6 is 0 Å². The molecule has 2 aromatic rings. The summed E-state index contributed by atoms with van der Waals surface area (Å²) < 4.78 is 46.2. The molecule has 0 spiro atoms. The number of carbonyl (C=O) groups is 1. The van der Waals surface area contributed by atoms with Crippen LogP contribution < -0.4 is 5.32 Å². The second-order valence-electron chi connectivity index (χ2n) is 8.30. The SMILES string of the molecule is CO[C@@H](CN(C)Cc1cc(F)ccc1F)[C@H](C)CN(C(=O)Nc1ccc(F)cc1)[C@@H](C)CO. The fourth-order valence-electron chi connectivity index (χ4n) is 3.53. The number of nitrogens with zero attached hydrogens (tertiary/aromatic N) is 2. The number of hydrogen-bond acceptors (Lipinski definition) is 4. The van der Waals surface area contributed by atoms with Crippen LogP contribution in [0, 0.1) is 23.4 Å². The third-order valence-electron chi connectivity index (χ3n) is 5.51. The summed E-state index contributed by atoms with van der Waals surface area (Å²) in [5.74, 6) is -1.54. The van der Waals surface area contributed by atoms with Gasteiger partial charge >= 0.3 is 6.03 Å². The van der Waals surface area contributed by atoms with Crippen molar-refractivity contribution in [1.82, 2.24) is 9.80 Å². The number of hydrogen-bond donors (Lipinski definition) is 2. The van der Waals surface area contributed by atoms with Crippen molar-refractivity contribution in [3.8, 4) is 0 Å². The van der Waals surface area contributed by atoms with Gasteiger partial charge in [-0.25, -0.2) is 18.0 Å². The summed E-state index contributed by atoms with van der Waals surface area (Å²) >= 11 is 0. The minimum absolute atomic E-state index is 0.150. The Morgan fingerprint density at radius 2 is 1.70 bits per heavy atom. The number of urea groups is 1. The molecule has 2 aromatic carbocycles. The second-order valence-corrected chi connectivity index (χ2v) is 8.30. The van der Waals surface area contributed by atoms with Crippen molar-refractivity contribution in [2.45, 2.75) is 32.5 Å². The van der Waals surface area contributed by atoms with Crippen molar-refractivity contribution in [3.63, 3.8) is 0 Å². The highest BCUT2D eigenvalue weighted by Crippen LogP contribution is 2.17. The van der Waals surface area contributed by atoms with Gasteiger partial charge in [0.15, 0.2) is 0 Å². The minimum Gasteiger partial charge on any atom is -0.394 e. The highest BCUT2D eigenvalue weighted by atomic mass is 19.1. The quantitative estimate of drug-likeness (QED) is 0.522. The van der Waals surface area contributed by atoms with Gasteiger partial charge in [-0.15, -0.1) is 0 Å². The Morgan fingerprint density at radius 3 is 2.30 bits per heavy atom. The van der Waals surface area contributed by atoms with E-state index >= 15 is 0 Å². The Labute approximate surface area is 193 Å². The van der Waals surface area contributed by atoms with Crippen LogP contribution in [0.2, 0.25) is 0 Å². The Bertz CT molecular complexity index is 898. The summed E-state index contributed by atoms with van der Waals surface area (Å²) in [6.07, 6.45) is -0.321. The lowest BCUT2D eigenvalue weighted by molar-refractivity contribution is 0.0175. The van der Waals surface area contributed by atoms with E-state index in [2.05, 4.69) is 5.32 Å². The predicted molar refractivity (Wildman–Crippen MR) is 121 cm³/mol. The molecule has 0 saturated heterocycles. The summed E-state index contributed by atoms with van der Waals surface area (Å²) in [6.45, 7) is 4.27. The maximum absolute atomic E-state index is 14.0. The predicted octanol–water partition coefficient (Wildman–Crippen LogP) is 4.10. The van der Waals surface area contributed by atoms with E-state index in [-0.39, 0.29) is 37.3 Å². The summed E-state index contributed by atoms with van der Waals surface area (Å²) in [5, 5.41) is 12.4. The summed E-state index contributed by atoms with van der Waals surface area (Å²) in [5.41, 5.74) is 0.679. The molecular weight excluding hydrogens is 435 g/mol. The Hall–Kier alpha value is -2.62. The molecule has 0 aliphatic heterocycles. The van der Waals surface area contributed by atoms with Gasteiger partial charge in [-0.2, -0.15) is 0 Å². The Kier molecular flexibility index (Phi) is 10.1. The molecule has 6 nitrogen and oxygen atoms in total. The lowest BCUT2D eigenvalue weighted by Crippen LogP contribution is -2.48. The monoisotopic (exact) mass is 467 g/mol. The molecule has 0 aromatic heterocycles. The molecule has 0 fully saturated rings. The summed E-state index contributed by atoms with van der Waals surface area (Å²) in [4.78, 5) is 16.2. The number of benzene rings is 2. The number of likely N-dealkylation sites (N-methyl/N-ethyl adjacent to an activating group) is 1. The van der Waals surface area contributed by atoms with Gasteiger partial charge in [0, 0.05) is 43.9 Å². The smallest absolute Gasteiger partial charge is 0.322 e. The molecule has 182 valence electrons. The summed E-state index contributed by atoms with van der Waals surface area (Å²) in [7, 11) is 3.33. The van der Waals surface area contributed by atoms with Crippen molar-refractivity contribution < 1.29 is 27.8 Å². The van der Waals surface area contributed by atoms with Crippen LogP contribution in [-0.2, 0) is 11.3 Å². The standard InChI is InChI=1S/C24H32F3N3O3/c1-16(23(33-4)14-29(3)13-18-11-20(26)7-10-22(18)27)12-30(17(2)15-31)24(32)28-21-8-5-19(25)6-9-21/h5-11,16-17,23,31H,12-15H2,1-4H3,(H,28,32)/t16-,17+,23+/m1/s1. The van der Waals surface area contributed by atoms with Crippen molar-refractivity contribution in [3.05, 3.63) is 65.5 Å². The van der Waals surface area contributed by atoms with Crippen LogP contribution in [0.3, 0.4) is 0 Å². The van der Waals surface area contributed by atoms with Gasteiger partial charge in [0.2, 0.25) is 0 Å².